The quantitative estimate of drug-likeness (QED) is 0.147. The van der Waals surface area contributed by atoms with Crippen molar-refractivity contribution in [3.05, 3.63) is 0 Å². The Bertz CT molecular complexity index is 755. The first-order valence-corrected chi connectivity index (χ1v) is 11.3. The van der Waals surface area contributed by atoms with E-state index in [9.17, 15) is 55.9 Å². The maximum absolute atomic E-state index is 11.4. The average molecular weight is 530 g/mol. The molecule has 3 heterocycles. The van der Waals surface area contributed by atoms with Gasteiger partial charge in [-0.3, -0.25) is 0 Å². The summed E-state index contributed by atoms with van der Waals surface area (Å²) in [6.45, 7) is 1.77. The Kier molecular flexibility index (Phi) is 9.28. The molecule has 3 rings (SSSR count). The fourth-order valence-corrected chi connectivity index (χ4v) is 4.36. The molecule has 0 unspecified atom stereocenters. The fourth-order valence-electron chi connectivity index (χ4n) is 4.36. The lowest BCUT2D eigenvalue weighted by Gasteiger charge is -2.48. The number of aliphatic hydroxyl groups excluding tert-OH is 8. The molecule has 3 saturated heterocycles. The predicted octanol–water partition coefficient (Wildman–Crippen LogP) is -5.67. The monoisotopic (exact) mass is 530 g/mol. The first-order chi connectivity index (χ1) is 16.7. The van der Waals surface area contributed by atoms with E-state index in [0.717, 1.165) is 0 Å². The van der Waals surface area contributed by atoms with Gasteiger partial charge < -0.3 is 74.7 Å². The second kappa shape index (κ2) is 11.3. The van der Waals surface area contributed by atoms with Gasteiger partial charge in [0.15, 0.2) is 12.6 Å². The lowest BCUT2D eigenvalue weighted by Crippen LogP contribution is -2.66. The van der Waals surface area contributed by atoms with Crippen LogP contribution in [0.5, 0.6) is 0 Å². The van der Waals surface area contributed by atoms with Gasteiger partial charge in [0.2, 0.25) is 0 Å². The molecular weight excluding hydrogens is 496 g/mol. The Balaban J connectivity index is 1.86. The van der Waals surface area contributed by atoms with Gasteiger partial charge in [-0.15, -0.1) is 0 Å². The van der Waals surface area contributed by atoms with Crippen LogP contribution in [0.4, 0.5) is 0 Å². The molecule has 0 aromatic rings. The minimum absolute atomic E-state index is 0.910. The van der Waals surface area contributed by atoms with Crippen LogP contribution in [-0.4, -0.2) is 155 Å². The van der Waals surface area contributed by atoms with Gasteiger partial charge in [-0.1, -0.05) is 0 Å². The van der Waals surface area contributed by atoms with E-state index < -0.39 is 111 Å². The highest BCUT2D eigenvalue weighted by molar-refractivity contribution is 5.75. The van der Waals surface area contributed by atoms with Crippen molar-refractivity contribution in [3.8, 4) is 0 Å². The number of hydrogen-bond acceptors (Lipinski definition) is 15. The molecule has 0 bridgehead atoms. The van der Waals surface area contributed by atoms with Gasteiger partial charge in [-0.25, -0.2) is 4.79 Å². The molecule has 16 heteroatoms. The second-order valence-electron chi connectivity index (χ2n) is 9.27. The maximum atomic E-state index is 11.4. The maximum Gasteiger partial charge on any atom is 0.364 e. The summed E-state index contributed by atoms with van der Waals surface area (Å²) in [5.74, 6) is -4.78. The highest BCUT2D eigenvalue weighted by Crippen LogP contribution is 2.35. The van der Waals surface area contributed by atoms with Gasteiger partial charge in [0.1, 0.15) is 54.9 Å². The SMILES string of the molecule is C[C@@H]1O[C@@H](O[C@H]2[C@H](O[C@H]3[C@@H]([C@H](O)CO)O[C@@](O)(C(=O)O)C[C@H]3O)O[C@@H](C)[C@H](O)[C@H]2O)[C@H](O)[C@H](O)[C@H]1O. The first kappa shape index (κ1) is 29.5. The number of rotatable bonds is 7. The van der Waals surface area contributed by atoms with Gasteiger partial charge in [-0.05, 0) is 13.8 Å². The normalized spacial score (nSPS) is 51.0. The van der Waals surface area contributed by atoms with E-state index in [4.69, 9.17) is 23.7 Å². The number of carboxylic acid groups (broad SMARTS) is 1. The molecule has 0 spiro atoms. The van der Waals surface area contributed by atoms with Gasteiger partial charge in [-0.2, -0.15) is 0 Å². The third kappa shape index (κ3) is 5.67. The van der Waals surface area contributed by atoms with Crippen LogP contribution in [0.2, 0.25) is 0 Å². The summed E-state index contributed by atoms with van der Waals surface area (Å²) in [5.41, 5.74) is 0. The summed E-state index contributed by atoms with van der Waals surface area (Å²) in [6.07, 6.45) is -23.3. The standard InChI is InChI=1S/C20H34O16/c1-5-9(24)11(26)13(28)17(32-5)35-16-12(27)10(25)6(2)33-18(16)34-14-7(22)3-20(31,19(29)30)36-15(14)8(23)4-21/h5-18,21-28,31H,3-4H2,1-2H3,(H,29,30)/t5-,6-,7+,8+,9-,10-,11+,12+,13+,14+,15+,16+,17-,18-,20+/m0/s1. The molecule has 210 valence electrons. The molecule has 10 N–H and O–H groups in total. The van der Waals surface area contributed by atoms with Crippen molar-refractivity contribution in [2.45, 2.75) is 112 Å². The van der Waals surface area contributed by atoms with Crippen LogP contribution in [-0.2, 0) is 28.5 Å². The third-order valence-corrected chi connectivity index (χ3v) is 6.60. The van der Waals surface area contributed by atoms with Gasteiger partial charge in [0.05, 0.1) is 24.9 Å². The fraction of sp³-hybridized carbons (Fsp3) is 0.950. The van der Waals surface area contributed by atoms with Gasteiger partial charge >= 0.3 is 5.97 Å². The largest absolute Gasteiger partial charge is 0.477 e. The molecular formula is C20H34O16. The number of hydrogen-bond donors (Lipinski definition) is 10. The summed E-state index contributed by atoms with van der Waals surface area (Å²) >= 11 is 0. The number of aliphatic carboxylic acids is 1. The van der Waals surface area contributed by atoms with Gasteiger partial charge in [0, 0.05) is 6.42 Å². The molecule has 0 amide bonds. The van der Waals surface area contributed by atoms with Crippen molar-refractivity contribution in [1.82, 2.24) is 0 Å². The van der Waals surface area contributed by atoms with Crippen molar-refractivity contribution in [3.63, 3.8) is 0 Å². The number of aliphatic hydroxyl groups is 9. The summed E-state index contributed by atoms with van der Waals surface area (Å²) in [7, 11) is 0. The molecule has 0 aromatic heterocycles. The van der Waals surface area contributed by atoms with Crippen LogP contribution in [0.15, 0.2) is 0 Å². The zero-order valence-corrected chi connectivity index (χ0v) is 19.4. The van der Waals surface area contributed by atoms with E-state index >= 15 is 0 Å². The third-order valence-electron chi connectivity index (χ3n) is 6.60. The van der Waals surface area contributed by atoms with Crippen molar-refractivity contribution >= 4 is 5.97 Å². The lowest BCUT2D eigenvalue weighted by atomic mass is 9.92. The lowest BCUT2D eigenvalue weighted by molar-refractivity contribution is -0.385. The summed E-state index contributed by atoms with van der Waals surface area (Å²) in [5, 5.41) is 101. The highest BCUT2D eigenvalue weighted by atomic mass is 16.8. The summed E-state index contributed by atoms with van der Waals surface area (Å²) in [6, 6.07) is 0. The molecule has 3 fully saturated rings. The molecule has 3 aliphatic rings. The van der Waals surface area contributed by atoms with E-state index in [1.807, 2.05) is 0 Å². The minimum Gasteiger partial charge on any atom is -0.477 e. The number of ether oxygens (including phenoxy) is 5. The highest BCUT2D eigenvalue weighted by Gasteiger charge is 2.56. The molecule has 36 heavy (non-hydrogen) atoms. The van der Waals surface area contributed by atoms with E-state index in [1.54, 1.807) is 0 Å². The second-order valence-corrected chi connectivity index (χ2v) is 9.27. The molecule has 3 aliphatic heterocycles. The summed E-state index contributed by atoms with van der Waals surface area (Å²) in [4.78, 5) is 11.4. The van der Waals surface area contributed by atoms with Crippen LogP contribution < -0.4 is 0 Å². The zero-order chi connectivity index (χ0) is 27.1. The number of carboxylic acids is 1. The molecule has 16 nitrogen and oxygen atoms in total. The molecule has 0 aromatic carbocycles. The van der Waals surface area contributed by atoms with Gasteiger partial charge in [0.25, 0.3) is 5.79 Å². The van der Waals surface area contributed by atoms with E-state index in [-0.39, 0.29) is 0 Å². The van der Waals surface area contributed by atoms with Crippen LogP contribution in [0, 0.1) is 0 Å². The first-order valence-electron chi connectivity index (χ1n) is 11.3. The molecule has 0 radical (unpaired) electrons. The molecule has 0 aliphatic carbocycles. The Morgan fingerprint density at radius 2 is 1.42 bits per heavy atom. The Morgan fingerprint density at radius 1 is 0.889 bits per heavy atom. The van der Waals surface area contributed by atoms with Crippen LogP contribution >= 0.6 is 0 Å². The van der Waals surface area contributed by atoms with E-state index in [1.165, 1.54) is 13.8 Å². The van der Waals surface area contributed by atoms with Crippen molar-refractivity contribution in [2.75, 3.05) is 6.61 Å². The predicted molar refractivity (Wildman–Crippen MR) is 110 cm³/mol. The summed E-state index contributed by atoms with van der Waals surface area (Å²) < 4.78 is 27.2. The van der Waals surface area contributed by atoms with Crippen molar-refractivity contribution in [1.29, 1.82) is 0 Å². The van der Waals surface area contributed by atoms with Crippen molar-refractivity contribution < 1.29 is 79.5 Å². The van der Waals surface area contributed by atoms with E-state index in [2.05, 4.69) is 0 Å². The van der Waals surface area contributed by atoms with Crippen molar-refractivity contribution in [2.24, 2.45) is 0 Å². The Morgan fingerprint density at radius 3 is 1.97 bits per heavy atom. The zero-order valence-electron chi connectivity index (χ0n) is 19.4. The average Bonchev–Trinajstić information content (AvgIpc) is 2.82. The van der Waals surface area contributed by atoms with Crippen LogP contribution in [0.25, 0.3) is 0 Å². The molecule has 0 saturated carbocycles. The minimum atomic E-state index is -2.92. The van der Waals surface area contributed by atoms with E-state index in [0.29, 0.717) is 0 Å². The van der Waals surface area contributed by atoms with Crippen LogP contribution in [0.1, 0.15) is 20.3 Å². The Hall–Kier alpha value is -1.09. The number of carbonyl (C=O) groups is 1. The Labute approximate surface area is 204 Å². The smallest absolute Gasteiger partial charge is 0.364 e. The topological polar surface area (TPSA) is 266 Å². The van der Waals surface area contributed by atoms with Crippen LogP contribution in [0.3, 0.4) is 0 Å². The molecule has 15 atom stereocenters.